The zero-order valence-corrected chi connectivity index (χ0v) is 16.8. The van der Waals surface area contributed by atoms with Crippen LogP contribution in [0.4, 0.5) is 5.95 Å². The first kappa shape index (κ1) is 19.3. The largest absolute Gasteiger partial charge is 0.461 e. The van der Waals surface area contributed by atoms with Crippen LogP contribution in [0.2, 0.25) is 0 Å². The summed E-state index contributed by atoms with van der Waals surface area (Å²) in [5, 5.41) is 15.3. The Morgan fingerprint density at radius 1 is 1.13 bits per heavy atom. The maximum atomic E-state index is 13.1. The highest BCUT2D eigenvalue weighted by Gasteiger charge is 2.34. The van der Waals surface area contributed by atoms with E-state index in [1.165, 1.54) is 10.8 Å². The van der Waals surface area contributed by atoms with E-state index in [1.54, 1.807) is 23.1 Å². The number of piperidine rings is 1. The maximum Gasteiger partial charge on any atom is 0.272 e. The summed E-state index contributed by atoms with van der Waals surface area (Å²) >= 11 is 0. The minimum absolute atomic E-state index is 0.0729. The van der Waals surface area contributed by atoms with E-state index in [-0.39, 0.29) is 17.5 Å². The summed E-state index contributed by atoms with van der Waals surface area (Å²) in [5.74, 6) is 0.707. The average Bonchev–Trinajstić information content (AvgIpc) is 3.44. The van der Waals surface area contributed by atoms with Crippen molar-refractivity contribution in [2.75, 3.05) is 18.8 Å². The molecule has 1 aliphatic rings. The van der Waals surface area contributed by atoms with Gasteiger partial charge in [0.05, 0.1) is 11.9 Å². The summed E-state index contributed by atoms with van der Waals surface area (Å²) < 4.78 is 6.70. The van der Waals surface area contributed by atoms with Crippen LogP contribution in [0.3, 0.4) is 0 Å². The minimum Gasteiger partial charge on any atom is -0.461 e. The molecule has 4 aromatic rings. The van der Waals surface area contributed by atoms with Crippen molar-refractivity contribution in [3.05, 3.63) is 66.1 Å². The third-order valence-electron chi connectivity index (χ3n) is 5.67. The van der Waals surface area contributed by atoms with Gasteiger partial charge in [-0.05, 0) is 30.5 Å². The Labute approximate surface area is 178 Å². The van der Waals surface area contributed by atoms with Crippen molar-refractivity contribution in [2.24, 2.45) is 0 Å². The third kappa shape index (κ3) is 3.75. The summed E-state index contributed by atoms with van der Waals surface area (Å²) in [5.41, 5.74) is 6.92. The van der Waals surface area contributed by atoms with Crippen LogP contribution < -0.4 is 5.73 Å². The number of nitrogen functional groups attached to an aromatic ring is 1. The second-order valence-corrected chi connectivity index (χ2v) is 7.86. The van der Waals surface area contributed by atoms with Crippen LogP contribution in [0, 0.1) is 0 Å². The zero-order valence-electron chi connectivity index (χ0n) is 16.8. The highest BCUT2D eigenvalue weighted by Crippen LogP contribution is 2.27. The summed E-state index contributed by atoms with van der Waals surface area (Å²) in [7, 11) is 0. The fourth-order valence-corrected chi connectivity index (χ4v) is 3.97. The number of hydrogen-bond donors (Lipinski definition) is 2. The number of fused-ring (bicyclic) bond motifs is 1. The van der Waals surface area contributed by atoms with Crippen LogP contribution in [0.1, 0.15) is 28.9 Å². The van der Waals surface area contributed by atoms with E-state index in [0.717, 1.165) is 5.56 Å². The van der Waals surface area contributed by atoms with Gasteiger partial charge in [0.2, 0.25) is 11.8 Å². The quantitative estimate of drug-likeness (QED) is 0.521. The normalized spacial score (nSPS) is 16.0. The lowest BCUT2D eigenvalue weighted by Crippen LogP contribution is -2.48. The van der Waals surface area contributed by atoms with Gasteiger partial charge in [0.25, 0.3) is 5.91 Å². The third-order valence-corrected chi connectivity index (χ3v) is 5.67. The second kappa shape index (κ2) is 7.51. The number of hydrogen-bond acceptors (Lipinski definition) is 7. The fourth-order valence-electron chi connectivity index (χ4n) is 3.97. The number of aromatic nitrogens is 4. The van der Waals surface area contributed by atoms with Crippen molar-refractivity contribution in [3.8, 4) is 11.6 Å². The number of anilines is 1. The van der Waals surface area contributed by atoms with Crippen molar-refractivity contribution in [1.29, 1.82) is 0 Å². The zero-order chi connectivity index (χ0) is 21.4. The predicted molar refractivity (Wildman–Crippen MR) is 113 cm³/mol. The number of nitrogens with two attached hydrogens (primary N) is 1. The molecule has 4 heterocycles. The molecule has 158 valence electrons. The molecule has 3 N–H and O–H groups in total. The Balaban J connectivity index is 1.32. The molecule has 31 heavy (non-hydrogen) atoms. The summed E-state index contributed by atoms with van der Waals surface area (Å²) in [6.45, 7) is 0.887. The van der Waals surface area contributed by atoms with Crippen LogP contribution in [0.15, 0.2) is 59.2 Å². The molecule has 9 nitrogen and oxygen atoms in total. The molecular formula is C22H22N6O3. The van der Waals surface area contributed by atoms with Gasteiger partial charge in [-0.3, -0.25) is 4.79 Å². The Hall–Kier alpha value is -3.72. The number of aliphatic hydroxyl groups is 1. The van der Waals surface area contributed by atoms with E-state index in [1.807, 2.05) is 30.3 Å². The number of nitrogens with zero attached hydrogens (tertiary/aromatic N) is 5. The Morgan fingerprint density at radius 2 is 1.90 bits per heavy atom. The topological polar surface area (TPSA) is 123 Å². The molecule has 1 amide bonds. The van der Waals surface area contributed by atoms with Gasteiger partial charge in [-0.25, -0.2) is 9.97 Å². The van der Waals surface area contributed by atoms with E-state index in [9.17, 15) is 9.90 Å². The minimum atomic E-state index is -0.820. The molecule has 0 atom stereocenters. The number of likely N-dealkylation sites (tertiary alicyclic amines) is 1. The van der Waals surface area contributed by atoms with E-state index in [2.05, 4.69) is 15.1 Å². The lowest BCUT2D eigenvalue weighted by atomic mass is 9.85. The molecule has 5 rings (SSSR count). The van der Waals surface area contributed by atoms with E-state index >= 15 is 0 Å². The summed E-state index contributed by atoms with van der Waals surface area (Å²) in [6, 6.07) is 15.0. The van der Waals surface area contributed by atoms with E-state index in [0.29, 0.717) is 49.6 Å². The Morgan fingerprint density at radius 3 is 2.61 bits per heavy atom. The molecule has 3 aromatic heterocycles. The summed E-state index contributed by atoms with van der Waals surface area (Å²) in [6.07, 6.45) is 3.10. The van der Waals surface area contributed by atoms with Crippen LogP contribution in [0.25, 0.3) is 17.2 Å². The van der Waals surface area contributed by atoms with Gasteiger partial charge < -0.3 is 20.2 Å². The first-order valence-corrected chi connectivity index (χ1v) is 10.1. The van der Waals surface area contributed by atoms with Gasteiger partial charge in [0.1, 0.15) is 5.69 Å². The lowest BCUT2D eigenvalue weighted by Gasteiger charge is -2.38. The Bertz CT molecular complexity index is 1210. The number of rotatable bonds is 4. The van der Waals surface area contributed by atoms with Crippen molar-refractivity contribution in [1.82, 2.24) is 24.5 Å². The van der Waals surface area contributed by atoms with Gasteiger partial charge in [-0.15, -0.1) is 5.10 Å². The van der Waals surface area contributed by atoms with Crippen LogP contribution in [-0.2, 0) is 6.42 Å². The number of carbonyl (C=O) groups is 1. The number of benzene rings is 1. The van der Waals surface area contributed by atoms with Crippen LogP contribution in [0.5, 0.6) is 0 Å². The predicted octanol–water partition coefficient (Wildman–Crippen LogP) is 2.18. The average molecular weight is 418 g/mol. The fraction of sp³-hybridized carbons (Fsp3) is 0.273. The van der Waals surface area contributed by atoms with Crippen molar-refractivity contribution in [2.45, 2.75) is 24.9 Å². The number of furan rings is 1. The highest BCUT2D eigenvalue weighted by atomic mass is 16.3. The van der Waals surface area contributed by atoms with E-state index < -0.39 is 5.60 Å². The lowest BCUT2D eigenvalue weighted by molar-refractivity contribution is -0.0163. The molecule has 1 fully saturated rings. The van der Waals surface area contributed by atoms with Crippen LogP contribution in [-0.4, -0.2) is 54.2 Å². The first-order valence-electron chi connectivity index (χ1n) is 10.1. The van der Waals surface area contributed by atoms with Crippen molar-refractivity contribution >= 4 is 17.5 Å². The molecule has 1 aromatic carbocycles. The molecule has 0 bridgehead atoms. The molecule has 0 radical (unpaired) electrons. The SMILES string of the molecule is Nc1nc(C(=O)N2CCC(O)(Cc3ccccc3)CC2)cc2nc(-c3ccco3)nn12. The summed E-state index contributed by atoms with van der Waals surface area (Å²) in [4.78, 5) is 23.4. The highest BCUT2D eigenvalue weighted by molar-refractivity contribution is 5.93. The van der Waals surface area contributed by atoms with Crippen molar-refractivity contribution in [3.63, 3.8) is 0 Å². The van der Waals surface area contributed by atoms with Crippen molar-refractivity contribution < 1.29 is 14.3 Å². The number of amides is 1. The Kier molecular flexibility index (Phi) is 4.67. The van der Waals surface area contributed by atoms with Gasteiger partial charge in [-0.1, -0.05) is 30.3 Å². The molecule has 0 saturated carbocycles. The van der Waals surface area contributed by atoms with E-state index in [4.69, 9.17) is 10.2 Å². The molecule has 1 aliphatic heterocycles. The van der Waals surface area contributed by atoms with Gasteiger partial charge in [0, 0.05) is 25.6 Å². The molecule has 0 unspecified atom stereocenters. The smallest absolute Gasteiger partial charge is 0.272 e. The molecule has 1 saturated heterocycles. The maximum absolute atomic E-state index is 13.1. The molecule has 0 spiro atoms. The van der Waals surface area contributed by atoms with Gasteiger partial charge >= 0.3 is 0 Å². The van der Waals surface area contributed by atoms with Crippen LogP contribution >= 0.6 is 0 Å². The molecule has 9 heteroatoms. The molecule has 0 aliphatic carbocycles. The second-order valence-electron chi connectivity index (χ2n) is 7.86. The molecular weight excluding hydrogens is 396 g/mol. The first-order chi connectivity index (χ1) is 15.0. The standard InChI is InChI=1S/C22H22N6O3/c23-21-24-16(13-18-25-19(26-28(18)21)17-7-4-12-31-17)20(29)27-10-8-22(30,9-11-27)14-15-5-2-1-3-6-15/h1-7,12-13,30H,8-11,14H2,(H2,23,24). The monoisotopic (exact) mass is 418 g/mol. The van der Waals surface area contributed by atoms with Gasteiger partial charge in [-0.2, -0.15) is 4.52 Å². The van der Waals surface area contributed by atoms with Gasteiger partial charge in [0.15, 0.2) is 11.4 Å². The number of carbonyl (C=O) groups excluding carboxylic acids is 1.